The van der Waals surface area contributed by atoms with E-state index in [1.54, 1.807) is 0 Å². The van der Waals surface area contributed by atoms with Crippen LogP contribution in [0.5, 0.6) is 0 Å². The third-order valence-electron chi connectivity index (χ3n) is 2.29. The quantitative estimate of drug-likeness (QED) is 0.777. The van der Waals surface area contributed by atoms with Gasteiger partial charge in [0.1, 0.15) is 0 Å². The Morgan fingerprint density at radius 1 is 1.33 bits per heavy atom. The Balaban J connectivity index is 2.50. The SMILES string of the molecule is CC1(C)OCC(C)(C(=O)SCCS)CO1. The van der Waals surface area contributed by atoms with E-state index in [0.717, 1.165) is 5.75 Å². The van der Waals surface area contributed by atoms with Crippen molar-refractivity contribution in [1.29, 1.82) is 0 Å². The van der Waals surface area contributed by atoms with Crippen molar-refractivity contribution in [3.8, 4) is 0 Å². The van der Waals surface area contributed by atoms with Gasteiger partial charge in [0.25, 0.3) is 0 Å². The molecule has 0 aromatic carbocycles. The summed E-state index contributed by atoms with van der Waals surface area (Å²) in [7, 11) is 0. The van der Waals surface area contributed by atoms with Crippen LogP contribution >= 0.6 is 24.4 Å². The molecule has 0 radical (unpaired) electrons. The fraction of sp³-hybridized carbons (Fsp3) is 0.900. The predicted octanol–water partition coefficient (Wildman–Crippen LogP) is 1.97. The van der Waals surface area contributed by atoms with Crippen LogP contribution in [0, 0.1) is 5.41 Å². The molecule has 1 aliphatic rings. The summed E-state index contributed by atoms with van der Waals surface area (Å²) in [5.74, 6) is 0.884. The second kappa shape index (κ2) is 5.08. The highest BCUT2D eigenvalue weighted by Crippen LogP contribution is 2.33. The minimum atomic E-state index is -0.562. The van der Waals surface area contributed by atoms with Crippen molar-refractivity contribution in [3.63, 3.8) is 0 Å². The van der Waals surface area contributed by atoms with E-state index < -0.39 is 11.2 Å². The van der Waals surface area contributed by atoms with E-state index in [-0.39, 0.29) is 5.12 Å². The van der Waals surface area contributed by atoms with Gasteiger partial charge >= 0.3 is 0 Å². The lowest BCUT2D eigenvalue weighted by Gasteiger charge is -2.40. The highest BCUT2D eigenvalue weighted by molar-refractivity contribution is 8.14. The molecule has 0 aromatic rings. The molecule has 0 N–H and O–H groups in total. The summed E-state index contributed by atoms with van der Waals surface area (Å²) < 4.78 is 11.0. The van der Waals surface area contributed by atoms with Gasteiger partial charge in [-0.15, -0.1) is 0 Å². The molecule has 0 saturated carbocycles. The van der Waals surface area contributed by atoms with Gasteiger partial charge in [-0.2, -0.15) is 12.6 Å². The van der Waals surface area contributed by atoms with Crippen molar-refractivity contribution in [2.24, 2.45) is 5.41 Å². The molecule has 15 heavy (non-hydrogen) atoms. The Morgan fingerprint density at radius 2 is 1.87 bits per heavy atom. The molecule has 0 bridgehead atoms. The Labute approximate surface area is 101 Å². The van der Waals surface area contributed by atoms with Crippen LogP contribution in [0.3, 0.4) is 0 Å². The Morgan fingerprint density at radius 3 is 2.33 bits per heavy atom. The number of carbonyl (C=O) groups is 1. The van der Waals surface area contributed by atoms with Gasteiger partial charge in [-0.1, -0.05) is 11.8 Å². The van der Waals surface area contributed by atoms with Crippen molar-refractivity contribution in [2.45, 2.75) is 26.6 Å². The van der Waals surface area contributed by atoms with E-state index in [1.165, 1.54) is 11.8 Å². The molecule has 0 atom stereocenters. The maximum absolute atomic E-state index is 11.9. The lowest BCUT2D eigenvalue weighted by atomic mass is 9.93. The van der Waals surface area contributed by atoms with Crippen molar-refractivity contribution < 1.29 is 14.3 Å². The number of hydrogen-bond acceptors (Lipinski definition) is 5. The zero-order valence-electron chi connectivity index (χ0n) is 9.41. The summed E-state index contributed by atoms with van der Waals surface area (Å²) in [4.78, 5) is 11.9. The van der Waals surface area contributed by atoms with Crippen molar-refractivity contribution in [3.05, 3.63) is 0 Å². The molecule has 5 heteroatoms. The number of carbonyl (C=O) groups excluding carboxylic acids is 1. The van der Waals surface area contributed by atoms with E-state index >= 15 is 0 Å². The third-order valence-corrected chi connectivity index (χ3v) is 3.98. The summed E-state index contributed by atoms with van der Waals surface area (Å²) in [6.07, 6.45) is 0. The fourth-order valence-electron chi connectivity index (χ4n) is 1.18. The van der Waals surface area contributed by atoms with Gasteiger partial charge in [0.05, 0.1) is 18.6 Å². The monoisotopic (exact) mass is 250 g/mol. The fourth-order valence-corrected chi connectivity index (χ4v) is 2.20. The van der Waals surface area contributed by atoms with Gasteiger partial charge in [-0.3, -0.25) is 4.79 Å². The minimum Gasteiger partial charge on any atom is -0.349 e. The topological polar surface area (TPSA) is 35.5 Å². The van der Waals surface area contributed by atoms with E-state index in [4.69, 9.17) is 9.47 Å². The molecule has 1 heterocycles. The second-order valence-corrected chi connectivity index (χ2v) is 5.91. The Kier molecular flexibility index (Phi) is 4.52. The van der Waals surface area contributed by atoms with Crippen LogP contribution < -0.4 is 0 Å². The van der Waals surface area contributed by atoms with Crippen molar-refractivity contribution in [1.82, 2.24) is 0 Å². The zero-order valence-corrected chi connectivity index (χ0v) is 11.1. The average Bonchev–Trinajstić information content (AvgIpc) is 2.19. The van der Waals surface area contributed by atoms with Crippen LogP contribution in [-0.2, 0) is 14.3 Å². The molecule has 0 amide bonds. The summed E-state index contributed by atoms with van der Waals surface area (Å²) in [5.41, 5.74) is -0.511. The molecule has 1 fully saturated rings. The molecule has 0 spiro atoms. The maximum atomic E-state index is 11.9. The lowest BCUT2D eigenvalue weighted by molar-refractivity contribution is -0.275. The number of thiol groups is 1. The standard InChI is InChI=1S/C10H18O3S2/c1-9(2)12-6-10(3,7-13-9)8(11)15-5-4-14/h14H,4-7H2,1-3H3. The maximum Gasteiger partial charge on any atom is 0.199 e. The first-order valence-corrected chi connectivity index (χ1v) is 6.57. The highest BCUT2D eigenvalue weighted by Gasteiger charge is 2.41. The zero-order chi connectivity index (χ0) is 11.5. The predicted molar refractivity (Wildman–Crippen MR) is 65.4 cm³/mol. The first-order chi connectivity index (χ1) is 6.90. The molecule has 1 aliphatic heterocycles. The first-order valence-electron chi connectivity index (χ1n) is 4.96. The number of thioether (sulfide) groups is 1. The molecule has 0 unspecified atom stereocenters. The largest absolute Gasteiger partial charge is 0.349 e. The highest BCUT2D eigenvalue weighted by atomic mass is 32.2. The van der Waals surface area contributed by atoms with Gasteiger partial charge in [0.15, 0.2) is 10.9 Å². The van der Waals surface area contributed by atoms with Gasteiger partial charge in [-0.25, -0.2) is 0 Å². The van der Waals surface area contributed by atoms with E-state index in [0.29, 0.717) is 19.0 Å². The normalized spacial score (nSPS) is 23.7. The van der Waals surface area contributed by atoms with Crippen LogP contribution in [0.2, 0.25) is 0 Å². The van der Waals surface area contributed by atoms with Gasteiger partial charge < -0.3 is 9.47 Å². The molecular weight excluding hydrogens is 232 g/mol. The molecule has 1 rings (SSSR count). The molecule has 3 nitrogen and oxygen atoms in total. The van der Waals surface area contributed by atoms with Crippen molar-refractivity contribution >= 4 is 29.5 Å². The first kappa shape index (κ1) is 13.4. The number of hydrogen-bond donors (Lipinski definition) is 1. The minimum absolute atomic E-state index is 0.132. The number of rotatable bonds is 3. The second-order valence-electron chi connectivity index (χ2n) is 4.40. The van der Waals surface area contributed by atoms with Crippen molar-refractivity contribution in [2.75, 3.05) is 24.7 Å². The van der Waals surface area contributed by atoms with Gasteiger partial charge in [0, 0.05) is 5.75 Å². The van der Waals surface area contributed by atoms with Crippen LogP contribution in [-0.4, -0.2) is 35.6 Å². The molecular formula is C10H18O3S2. The average molecular weight is 250 g/mol. The van der Waals surface area contributed by atoms with E-state index in [2.05, 4.69) is 12.6 Å². The van der Waals surface area contributed by atoms with Crippen LogP contribution in [0.15, 0.2) is 0 Å². The Bertz CT molecular complexity index is 231. The smallest absolute Gasteiger partial charge is 0.199 e. The molecule has 1 saturated heterocycles. The summed E-state index contributed by atoms with van der Waals surface area (Å²) in [5, 5.41) is 0.132. The van der Waals surface area contributed by atoms with Gasteiger partial charge in [-0.05, 0) is 26.5 Å². The molecule has 0 aliphatic carbocycles. The lowest BCUT2D eigenvalue weighted by Crippen LogP contribution is -2.48. The summed E-state index contributed by atoms with van der Waals surface area (Å²) in [6.45, 7) is 6.46. The Hall–Kier alpha value is 0.290. The molecule has 88 valence electrons. The molecule has 0 aromatic heterocycles. The van der Waals surface area contributed by atoms with Crippen LogP contribution in [0.1, 0.15) is 20.8 Å². The summed E-state index contributed by atoms with van der Waals surface area (Å²) >= 11 is 5.38. The van der Waals surface area contributed by atoms with E-state index in [9.17, 15) is 4.79 Å². The third kappa shape index (κ3) is 3.66. The van der Waals surface area contributed by atoms with E-state index in [1.807, 2.05) is 20.8 Å². The van der Waals surface area contributed by atoms with Crippen LogP contribution in [0.4, 0.5) is 0 Å². The van der Waals surface area contributed by atoms with Crippen LogP contribution in [0.25, 0.3) is 0 Å². The van der Waals surface area contributed by atoms with Gasteiger partial charge in [0.2, 0.25) is 0 Å². The summed E-state index contributed by atoms with van der Waals surface area (Å²) in [6, 6.07) is 0. The number of ether oxygens (including phenoxy) is 2.